The molecule has 0 saturated carbocycles. The molecule has 1 aromatic carbocycles. The molecular weight excluding hydrogens is 240 g/mol. The maximum atomic E-state index is 11.1. The molecule has 1 aromatic rings. The summed E-state index contributed by atoms with van der Waals surface area (Å²) in [5.74, 6) is 0. The minimum absolute atomic E-state index is 0.107. The molecule has 0 spiro atoms. The van der Waals surface area contributed by atoms with E-state index in [1.165, 1.54) is 17.7 Å². The van der Waals surface area contributed by atoms with Crippen molar-refractivity contribution in [2.24, 2.45) is 5.73 Å². The average molecular weight is 264 g/mol. The molecule has 106 valence electrons. The van der Waals surface area contributed by atoms with Crippen LogP contribution in [0.2, 0.25) is 0 Å². The van der Waals surface area contributed by atoms with Crippen molar-refractivity contribution in [2.75, 3.05) is 7.05 Å². The highest BCUT2D eigenvalue weighted by atomic mass is 16.6. The number of likely N-dealkylation sites (N-methyl/N-ethyl adjacent to an activating group) is 1. The molecule has 0 radical (unpaired) electrons. The Bertz CT molecular complexity index is 330. The molecule has 1 heterocycles. The van der Waals surface area contributed by atoms with Crippen molar-refractivity contribution < 1.29 is 9.53 Å². The number of rotatable bonds is 4. The van der Waals surface area contributed by atoms with Crippen molar-refractivity contribution in [2.45, 2.75) is 44.9 Å². The van der Waals surface area contributed by atoms with Gasteiger partial charge in [0.25, 0.3) is 0 Å². The van der Waals surface area contributed by atoms with Gasteiger partial charge in [-0.2, -0.15) is 0 Å². The van der Waals surface area contributed by atoms with Gasteiger partial charge in [0.2, 0.25) is 0 Å². The van der Waals surface area contributed by atoms with Crippen LogP contribution in [-0.4, -0.2) is 30.3 Å². The largest absolute Gasteiger partial charge is 0.442 e. The van der Waals surface area contributed by atoms with Crippen molar-refractivity contribution >= 4 is 6.09 Å². The molecule has 2 atom stereocenters. The van der Waals surface area contributed by atoms with Gasteiger partial charge >= 0.3 is 6.09 Å². The second-order valence-electron chi connectivity index (χ2n) is 4.67. The molecule has 0 aliphatic carbocycles. The van der Waals surface area contributed by atoms with Gasteiger partial charge in [-0.3, -0.25) is 4.90 Å². The summed E-state index contributed by atoms with van der Waals surface area (Å²) in [7, 11) is 1.67. The Morgan fingerprint density at radius 3 is 2.05 bits per heavy atom. The van der Waals surface area contributed by atoms with Gasteiger partial charge in [0.15, 0.2) is 0 Å². The Labute approximate surface area is 115 Å². The standard InChI is InChI=1S/C9H18N2O2.C6H6/c1-3-4-5-6-7-8(10)11(2)9(12)13-7;1-2-4-6-5-3-1/h7-8H,3-6,10H2,1-2H3;1-6H. The van der Waals surface area contributed by atoms with E-state index >= 15 is 0 Å². The van der Waals surface area contributed by atoms with E-state index in [0.717, 1.165) is 12.8 Å². The highest BCUT2D eigenvalue weighted by Crippen LogP contribution is 2.18. The first-order chi connectivity index (χ1) is 9.16. The Morgan fingerprint density at radius 1 is 1.16 bits per heavy atom. The van der Waals surface area contributed by atoms with Crippen LogP contribution in [0.3, 0.4) is 0 Å². The molecular formula is C15H24N2O2. The fourth-order valence-corrected chi connectivity index (χ4v) is 1.86. The summed E-state index contributed by atoms with van der Waals surface area (Å²) in [6.45, 7) is 2.15. The number of amides is 1. The van der Waals surface area contributed by atoms with Crippen molar-refractivity contribution in [1.82, 2.24) is 4.90 Å². The van der Waals surface area contributed by atoms with Gasteiger partial charge in [-0.1, -0.05) is 56.2 Å². The fraction of sp³-hybridized carbons (Fsp3) is 0.533. The van der Waals surface area contributed by atoms with Crippen LogP contribution in [0.4, 0.5) is 4.79 Å². The lowest BCUT2D eigenvalue weighted by atomic mass is 10.1. The van der Waals surface area contributed by atoms with Crippen molar-refractivity contribution in [3.05, 3.63) is 36.4 Å². The van der Waals surface area contributed by atoms with Crippen LogP contribution in [0.15, 0.2) is 36.4 Å². The van der Waals surface area contributed by atoms with Gasteiger partial charge in [-0.25, -0.2) is 4.79 Å². The zero-order valence-electron chi connectivity index (χ0n) is 11.8. The quantitative estimate of drug-likeness (QED) is 0.851. The first kappa shape index (κ1) is 15.5. The van der Waals surface area contributed by atoms with Gasteiger partial charge in [0, 0.05) is 7.05 Å². The molecule has 1 fully saturated rings. The lowest BCUT2D eigenvalue weighted by Gasteiger charge is -2.15. The molecule has 4 nitrogen and oxygen atoms in total. The Morgan fingerprint density at radius 2 is 1.68 bits per heavy atom. The van der Waals surface area contributed by atoms with E-state index in [0.29, 0.717) is 0 Å². The second kappa shape index (κ2) is 8.53. The second-order valence-corrected chi connectivity index (χ2v) is 4.67. The number of carbonyl (C=O) groups excluding carboxylic acids is 1. The molecule has 2 rings (SSSR count). The minimum Gasteiger partial charge on any atom is -0.442 e. The normalized spacial score (nSPS) is 21.6. The van der Waals surface area contributed by atoms with Crippen LogP contribution >= 0.6 is 0 Å². The summed E-state index contributed by atoms with van der Waals surface area (Å²) in [6, 6.07) is 12.0. The first-order valence-electron chi connectivity index (χ1n) is 6.85. The first-order valence-corrected chi connectivity index (χ1v) is 6.85. The van der Waals surface area contributed by atoms with E-state index < -0.39 is 0 Å². The van der Waals surface area contributed by atoms with Crippen LogP contribution in [-0.2, 0) is 4.74 Å². The number of hydrogen-bond acceptors (Lipinski definition) is 3. The Hall–Kier alpha value is -1.55. The average Bonchev–Trinajstić information content (AvgIpc) is 2.69. The molecule has 2 unspecified atom stereocenters. The van der Waals surface area contributed by atoms with Gasteiger partial charge in [0.1, 0.15) is 12.3 Å². The molecule has 1 aliphatic heterocycles. The minimum atomic E-state index is -0.297. The molecule has 0 aromatic heterocycles. The maximum Gasteiger partial charge on any atom is 0.411 e. The lowest BCUT2D eigenvalue weighted by molar-refractivity contribution is 0.124. The van der Waals surface area contributed by atoms with Crippen molar-refractivity contribution in [3.63, 3.8) is 0 Å². The van der Waals surface area contributed by atoms with Crippen molar-refractivity contribution in [3.8, 4) is 0 Å². The van der Waals surface area contributed by atoms with E-state index in [4.69, 9.17) is 10.5 Å². The van der Waals surface area contributed by atoms with E-state index in [2.05, 4.69) is 6.92 Å². The van der Waals surface area contributed by atoms with E-state index in [-0.39, 0.29) is 18.4 Å². The molecule has 1 aliphatic rings. The number of unbranched alkanes of at least 4 members (excludes halogenated alkanes) is 2. The third-order valence-electron chi connectivity index (χ3n) is 3.13. The summed E-state index contributed by atoms with van der Waals surface area (Å²) < 4.78 is 5.09. The number of nitrogens with zero attached hydrogens (tertiary/aromatic N) is 1. The number of hydrogen-bond donors (Lipinski definition) is 1. The predicted molar refractivity (Wildman–Crippen MR) is 76.6 cm³/mol. The van der Waals surface area contributed by atoms with Crippen LogP contribution in [0.25, 0.3) is 0 Å². The molecule has 1 amide bonds. The van der Waals surface area contributed by atoms with Gasteiger partial charge in [-0.15, -0.1) is 0 Å². The SMILES string of the molecule is CCCCCC1OC(=O)N(C)C1N.c1ccccc1. The van der Waals surface area contributed by atoms with Crippen LogP contribution in [0, 0.1) is 0 Å². The van der Waals surface area contributed by atoms with Crippen LogP contribution in [0.1, 0.15) is 32.6 Å². The van der Waals surface area contributed by atoms with Crippen LogP contribution < -0.4 is 5.73 Å². The number of ether oxygens (including phenoxy) is 1. The summed E-state index contributed by atoms with van der Waals surface area (Å²) in [6.07, 6.45) is 3.64. The van der Waals surface area contributed by atoms with E-state index in [9.17, 15) is 4.79 Å². The third-order valence-corrected chi connectivity index (χ3v) is 3.13. The number of nitrogens with two attached hydrogens (primary N) is 1. The van der Waals surface area contributed by atoms with Crippen molar-refractivity contribution in [1.29, 1.82) is 0 Å². The zero-order chi connectivity index (χ0) is 14.1. The number of cyclic esters (lactones) is 1. The molecule has 0 bridgehead atoms. The lowest BCUT2D eigenvalue weighted by Crippen LogP contribution is -2.41. The fourth-order valence-electron chi connectivity index (χ4n) is 1.86. The Balaban J connectivity index is 0.000000250. The van der Waals surface area contributed by atoms with Gasteiger partial charge in [0.05, 0.1) is 0 Å². The maximum absolute atomic E-state index is 11.1. The highest BCUT2D eigenvalue weighted by molar-refractivity contribution is 5.70. The molecule has 4 heteroatoms. The zero-order valence-corrected chi connectivity index (χ0v) is 11.8. The van der Waals surface area contributed by atoms with E-state index in [1.807, 2.05) is 36.4 Å². The number of carbonyl (C=O) groups is 1. The molecule has 2 N–H and O–H groups in total. The smallest absolute Gasteiger partial charge is 0.411 e. The molecule has 19 heavy (non-hydrogen) atoms. The van der Waals surface area contributed by atoms with Crippen LogP contribution in [0.5, 0.6) is 0 Å². The summed E-state index contributed by atoms with van der Waals surface area (Å²) in [5, 5.41) is 0. The van der Waals surface area contributed by atoms with Gasteiger partial charge < -0.3 is 10.5 Å². The summed E-state index contributed by atoms with van der Waals surface area (Å²) in [4.78, 5) is 12.5. The topological polar surface area (TPSA) is 55.6 Å². The molecule has 1 saturated heterocycles. The van der Waals surface area contributed by atoms with E-state index in [1.54, 1.807) is 7.05 Å². The summed E-state index contributed by atoms with van der Waals surface area (Å²) in [5.41, 5.74) is 5.78. The Kier molecular flexibility index (Phi) is 6.97. The highest BCUT2D eigenvalue weighted by Gasteiger charge is 2.35. The summed E-state index contributed by atoms with van der Waals surface area (Å²) >= 11 is 0. The van der Waals surface area contributed by atoms with Gasteiger partial charge in [-0.05, 0) is 12.8 Å². The monoisotopic (exact) mass is 264 g/mol. The third kappa shape index (κ3) is 5.30. The predicted octanol–water partition coefficient (Wildman–Crippen LogP) is 2.99. The number of benzene rings is 1.